The highest BCUT2D eigenvalue weighted by molar-refractivity contribution is 5.98. The molecule has 0 saturated carbocycles. The van der Waals surface area contributed by atoms with Crippen molar-refractivity contribution in [3.8, 4) is 5.69 Å². The first kappa shape index (κ1) is 18.4. The summed E-state index contributed by atoms with van der Waals surface area (Å²) in [6.07, 6.45) is 1.51. The quantitative estimate of drug-likeness (QED) is 0.564. The number of ether oxygens (including phenoxy) is 1. The number of amides is 1. The number of aromatic nitrogens is 2. The van der Waals surface area contributed by atoms with Crippen LogP contribution in [0, 0.1) is 13.8 Å². The molecule has 7 heteroatoms. The van der Waals surface area contributed by atoms with Crippen molar-refractivity contribution in [1.29, 1.82) is 0 Å². The molecule has 2 aromatic rings. The van der Waals surface area contributed by atoms with E-state index in [0.717, 1.165) is 5.69 Å². The number of para-hydroxylation sites is 1. The zero-order chi connectivity index (χ0) is 18.4. The highest BCUT2D eigenvalue weighted by Crippen LogP contribution is 2.17. The Labute approximate surface area is 145 Å². The summed E-state index contributed by atoms with van der Waals surface area (Å²) in [5.74, 6) is -1.66. The second-order valence-electron chi connectivity index (χ2n) is 5.48. The number of hydrogen-bond donors (Lipinski definition) is 2. The van der Waals surface area contributed by atoms with Gasteiger partial charge in [0.2, 0.25) is 0 Å². The highest BCUT2D eigenvalue weighted by Gasteiger charge is 2.25. The molecule has 0 saturated heterocycles. The fraction of sp³-hybridized carbons (Fsp3) is 0.278. The fourth-order valence-corrected chi connectivity index (χ4v) is 2.47. The lowest BCUT2D eigenvalue weighted by Gasteiger charge is -2.14. The van der Waals surface area contributed by atoms with Crippen LogP contribution in [-0.2, 0) is 9.53 Å². The number of nitrogens with zero attached hydrogens (tertiary/aromatic N) is 2. The predicted octanol–water partition coefficient (Wildman–Crippen LogP) is 1.87. The third kappa shape index (κ3) is 4.33. The molecular formula is C18H21N3O4. The van der Waals surface area contributed by atoms with Crippen molar-refractivity contribution >= 4 is 11.9 Å². The van der Waals surface area contributed by atoms with E-state index in [1.165, 1.54) is 6.08 Å². The van der Waals surface area contributed by atoms with E-state index < -0.39 is 17.9 Å². The van der Waals surface area contributed by atoms with Gasteiger partial charge in [-0.05, 0) is 26.0 Å². The van der Waals surface area contributed by atoms with Gasteiger partial charge in [0.1, 0.15) is 0 Å². The van der Waals surface area contributed by atoms with Gasteiger partial charge < -0.3 is 15.2 Å². The van der Waals surface area contributed by atoms with E-state index in [9.17, 15) is 14.7 Å². The average Bonchev–Trinajstić information content (AvgIpc) is 2.89. The monoisotopic (exact) mass is 343 g/mol. The summed E-state index contributed by atoms with van der Waals surface area (Å²) in [7, 11) is 0. The topological polar surface area (TPSA) is 93.5 Å². The van der Waals surface area contributed by atoms with Gasteiger partial charge in [0.05, 0.1) is 35.9 Å². The number of hydrogen-bond acceptors (Lipinski definition) is 4. The van der Waals surface area contributed by atoms with Crippen molar-refractivity contribution in [2.45, 2.75) is 19.9 Å². The molecule has 0 aliphatic rings. The first-order valence-electron chi connectivity index (χ1n) is 7.79. The van der Waals surface area contributed by atoms with Crippen LogP contribution in [-0.4, -0.2) is 46.0 Å². The Hall–Kier alpha value is -2.93. The summed E-state index contributed by atoms with van der Waals surface area (Å²) in [6.45, 7) is 7.05. The number of carbonyl (C=O) groups excluding carboxylic acids is 1. The van der Waals surface area contributed by atoms with Gasteiger partial charge in [-0.2, -0.15) is 5.10 Å². The van der Waals surface area contributed by atoms with Crippen molar-refractivity contribution in [2.75, 3.05) is 13.2 Å². The molecule has 132 valence electrons. The van der Waals surface area contributed by atoms with Crippen molar-refractivity contribution in [3.05, 3.63) is 59.9 Å². The summed E-state index contributed by atoms with van der Waals surface area (Å²) >= 11 is 0. The van der Waals surface area contributed by atoms with Gasteiger partial charge in [-0.15, -0.1) is 6.58 Å². The fourth-order valence-electron chi connectivity index (χ4n) is 2.47. The van der Waals surface area contributed by atoms with Crippen LogP contribution in [0.2, 0.25) is 0 Å². The molecule has 0 radical (unpaired) electrons. The second-order valence-corrected chi connectivity index (χ2v) is 5.48. The Kier molecular flexibility index (Phi) is 6.08. The van der Waals surface area contributed by atoms with Gasteiger partial charge in [0.15, 0.2) is 6.04 Å². The normalized spacial score (nSPS) is 11.8. The first-order valence-corrected chi connectivity index (χ1v) is 7.79. The molecule has 0 aliphatic carbocycles. The Morgan fingerprint density at radius 1 is 1.36 bits per heavy atom. The number of carbonyl (C=O) groups is 2. The molecule has 1 amide bonds. The Balaban J connectivity index is 2.22. The van der Waals surface area contributed by atoms with Gasteiger partial charge in [-0.1, -0.05) is 24.3 Å². The smallest absolute Gasteiger partial charge is 0.328 e. The number of aliphatic carboxylic acids is 1. The third-order valence-corrected chi connectivity index (χ3v) is 3.64. The van der Waals surface area contributed by atoms with Crippen molar-refractivity contribution in [1.82, 2.24) is 15.1 Å². The molecule has 1 heterocycles. The largest absolute Gasteiger partial charge is 0.480 e. The van der Waals surface area contributed by atoms with Gasteiger partial charge in [-0.25, -0.2) is 9.48 Å². The first-order chi connectivity index (χ1) is 12.0. The van der Waals surface area contributed by atoms with Gasteiger partial charge >= 0.3 is 5.97 Å². The minimum atomic E-state index is -1.16. The van der Waals surface area contributed by atoms with E-state index in [-0.39, 0.29) is 13.2 Å². The van der Waals surface area contributed by atoms with Gasteiger partial charge in [0, 0.05) is 0 Å². The molecule has 1 unspecified atom stereocenters. The maximum atomic E-state index is 12.6. The Morgan fingerprint density at radius 2 is 2.04 bits per heavy atom. The summed E-state index contributed by atoms with van der Waals surface area (Å²) in [5, 5.41) is 16.1. The number of benzene rings is 1. The molecule has 1 aromatic heterocycles. The predicted molar refractivity (Wildman–Crippen MR) is 92.9 cm³/mol. The lowest BCUT2D eigenvalue weighted by atomic mass is 10.1. The average molecular weight is 343 g/mol. The molecule has 1 aromatic carbocycles. The lowest BCUT2D eigenvalue weighted by Crippen LogP contribution is -2.44. The molecule has 7 nitrogen and oxygen atoms in total. The molecule has 0 aliphatic heterocycles. The molecule has 0 fully saturated rings. The maximum absolute atomic E-state index is 12.6. The van der Waals surface area contributed by atoms with Crippen LogP contribution in [0.4, 0.5) is 0 Å². The summed E-state index contributed by atoms with van der Waals surface area (Å²) in [5.41, 5.74) is 2.34. The third-order valence-electron chi connectivity index (χ3n) is 3.64. The molecule has 0 spiro atoms. The van der Waals surface area contributed by atoms with Gasteiger partial charge in [0.25, 0.3) is 5.91 Å². The molecule has 2 rings (SSSR count). The summed E-state index contributed by atoms with van der Waals surface area (Å²) in [6, 6.07) is 8.26. The molecule has 2 N–H and O–H groups in total. The van der Waals surface area contributed by atoms with Gasteiger partial charge in [-0.3, -0.25) is 4.79 Å². The van der Waals surface area contributed by atoms with Crippen molar-refractivity contribution in [3.63, 3.8) is 0 Å². The maximum Gasteiger partial charge on any atom is 0.328 e. The zero-order valence-corrected chi connectivity index (χ0v) is 14.2. The Morgan fingerprint density at radius 3 is 2.64 bits per heavy atom. The molecular weight excluding hydrogens is 322 g/mol. The number of carboxylic acids is 1. The van der Waals surface area contributed by atoms with Crippen LogP contribution >= 0.6 is 0 Å². The van der Waals surface area contributed by atoms with Crippen LogP contribution in [0.5, 0.6) is 0 Å². The van der Waals surface area contributed by atoms with Crippen LogP contribution in [0.1, 0.15) is 21.7 Å². The van der Waals surface area contributed by atoms with Crippen molar-refractivity contribution in [2.24, 2.45) is 0 Å². The van der Waals surface area contributed by atoms with E-state index in [1.54, 1.807) is 18.5 Å². The zero-order valence-electron chi connectivity index (χ0n) is 14.2. The van der Waals surface area contributed by atoms with Crippen LogP contribution in [0.25, 0.3) is 5.69 Å². The standard InChI is InChI=1S/C18H21N3O4/c1-4-10-25-11-15(18(23)24)19-17(22)16-12(2)20-21(13(16)3)14-8-6-5-7-9-14/h4-9,15H,1,10-11H2,2-3H3,(H,19,22)(H,23,24). The SMILES string of the molecule is C=CCOCC(NC(=O)c1c(C)nn(-c2ccccc2)c1C)C(=O)O. The summed E-state index contributed by atoms with van der Waals surface area (Å²) in [4.78, 5) is 23.9. The van der Waals surface area contributed by atoms with E-state index in [0.29, 0.717) is 17.0 Å². The van der Waals surface area contributed by atoms with E-state index in [1.807, 2.05) is 30.3 Å². The van der Waals surface area contributed by atoms with Crippen LogP contribution < -0.4 is 5.32 Å². The number of rotatable bonds is 8. The van der Waals surface area contributed by atoms with E-state index in [2.05, 4.69) is 17.0 Å². The minimum absolute atomic E-state index is 0.141. The van der Waals surface area contributed by atoms with Crippen LogP contribution in [0.3, 0.4) is 0 Å². The van der Waals surface area contributed by atoms with Crippen molar-refractivity contribution < 1.29 is 19.4 Å². The van der Waals surface area contributed by atoms with E-state index >= 15 is 0 Å². The number of aryl methyl sites for hydroxylation is 1. The minimum Gasteiger partial charge on any atom is -0.480 e. The second kappa shape index (κ2) is 8.25. The Bertz CT molecular complexity index is 768. The summed E-state index contributed by atoms with van der Waals surface area (Å²) < 4.78 is 6.80. The highest BCUT2D eigenvalue weighted by atomic mass is 16.5. The molecule has 0 bridgehead atoms. The molecule has 1 atom stereocenters. The van der Waals surface area contributed by atoms with E-state index in [4.69, 9.17) is 4.74 Å². The number of nitrogens with one attached hydrogen (secondary N) is 1. The lowest BCUT2D eigenvalue weighted by molar-refractivity contribution is -0.140. The number of carboxylic acid groups (broad SMARTS) is 1. The molecule has 25 heavy (non-hydrogen) atoms. The van der Waals surface area contributed by atoms with Crippen LogP contribution in [0.15, 0.2) is 43.0 Å².